The monoisotopic (exact) mass is 1080 g/mol. The predicted molar refractivity (Wildman–Crippen MR) is 295 cm³/mol. The molecule has 6 aliphatic rings. The first-order valence-corrected chi connectivity index (χ1v) is 30.6. The number of hydrogen-bond donors (Lipinski definition) is 0. The van der Waals surface area contributed by atoms with Gasteiger partial charge in [-0.1, -0.05) is 101 Å². The Kier molecular flexibility index (Phi) is 16.6. The lowest BCUT2D eigenvalue weighted by Crippen LogP contribution is -2.51. The highest BCUT2D eigenvalue weighted by Gasteiger charge is 2.59. The van der Waals surface area contributed by atoms with Crippen LogP contribution in [0.25, 0.3) is 22.3 Å². The van der Waals surface area contributed by atoms with Crippen LogP contribution in [0, 0.1) is 46.3 Å². The third-order valence-corrected chi connectivity index (χ3v) is 20.7. The molecule has 2 aliphatic heterocycles. The van der Waals surface area contributed by atoms with Gasteiger partial charge in [-0.2, -0.15) is 0 Å². The van der Waals surface area contributed by atoms with Crippen molar-refractivity contribution in [3.8, 4) is 17.1 Å². The van der Waals surface area contributed by atoms with Crippen LogP contribution in [0.1, 0.15) is 169 Å². The number of benzene rings is 1. The van der Waals surface area contributed by atoms with Crippen LogP contribution in [0.4, 0.5) is 14.4 Å². The van der Waals surface area contributed by atoms with E-state index in [2.05, 4.69) is 40.7 Å². The molecule has 0 unspecified atom stereocenters. The largest absolute Gasteiger partial charge is 0.514 e. The molecule has 4 aliphatic carbocycles. The van der Waals surface area contributed by atoms with E-state index in [-0.39, 0.29) is 61.0 Å². The van der Waals surface area contributed by atoms with Gasteiger partial charge in [-0.05, 0) is 155 Å². The van der Waals surface area contributed by atoms with Gasteiger partial charge < -0.3 is 37.7 Å². The molecule has 1 aromatic carbocycles. The number of hydrogen-bond acceptors (Lipinski definition) is 15. The molecule has 0 amide bonds. The van der Waals surface area contributed by atoms with Gasteiger partial charge in [-0.3, -0.25) is 4.79 Å². The van der Waals surface area contributed by atoms with Crippen LogP contribution in [0.5, 0.6) is 5.75 Å². The lowest BCUT2D eigenvalue weighted by Gasteiger charge is -2.58. The zero-order valence-electron chi connectivity index (χ0n) is 46.5. The number of esters is 1. The maximum absolute atomic E-state index is 14.2. The minimum Gasteiger partial charge on any atom is -0.457 e. The Hall–Kier alpha value is -4.70. The number of pyridine rings is 2. The fourth-order valence-electron chi connectivity index (χ4n) is 14.7. The van der Waals surface area contributed by atoms with E-state index in [0.29, 0.717) is 51.9 Å². The molecule has 0 saturated heterocycles. The van der Waals surface area contributed by atoms with Gasteiger partial charge in [-0.15, -0.1) is 0 Å². The van der Waals surface area contributed by atoms with Gasteiger partial charge in [0, 0.05) is 34.4 Å². The lowest BCUT2D eigenvalue weighted by atomic mass is 9.47. The molecule has 0 bridgehead atoms. The van der Waals surface area contributed by atoms with Crippen molar-refractivity contribution < 1.29 is 52.3 Å². The molecule has 2 aromatic heterocycles. The predicted octanol–water partition coefficient (Wildman–Crippen LogP) is 14.1. The van der Waals surface area contributed by atoms with Crippen LogP contribution < -0.4 is 10.3 Å². The average molecular weight is 1090 g/mol. The molecule has 3 saturated carbocycles. The van der Waals surface area contributed by atoms with Gasteiger partial charge in [0.2, 0.25) is 5.60 Å². The van der Waals surface area contributed by atoms with Crippen molar-refractivity contribution in [2.75, 3.05) is 24.7 Å². The lowest BCUT2D eigenvalue weighted by molar-refractivity contribution is -0.175. The zero-order chi connectivity index (χ0) is 54.3. The summed E-state index contributed by atoms with van der Waals surface area (Å²) >= 11 is 0. The molecule has 0 spiro atoms. The number of carbonyl (C=O) groups is 4. The molecule has 14 nitrogen and oxygen atoms in total. The zero-order valence-corrected chi connectivity index (χ0v) is 48.1. The summed E-state index contributed by atoms with van der Waals surface area (Å²) in [5, 5.41) is 0.766. The van der Waals surface area contributed by atoms with Crippen molar-refractivity contribution >= 4 is 56.9 Å². The maximum atomic E-state index is 14.2. The molecule has 0 radical (unpaired) electrons. The van der Waals surface area contributed by atoms with Crippen molar-refractivity contribution in [1.82, 2.24) is 9.55 Å². The highest BCUT2D eigenvalue weighted by molar-refractivity contribution is 8.76. The maximum Gasteiger partial charge on any atom is 0.514 e. The Bertz CT molecular complexity index is 2800. The molecular formula is C60H80N2O12S2. The minimum absolute atomic E-state index is 0.0137. The SMILES string of the molecule is CCc1c2c(nc3ccc(OC(=O)OC(C)(C)C)cc13)-c1cc3c(c(=O)n1C2)COC(=O)[C@@]3(CC)OC(=O)OCCSSCCOC(=O)O[C@H]1CC[C@@]2(C)C(=CC[C@H]3[C@@H]4CC[C@H]([C@H](C)CCCC(C)C)[C@@]4(C)CC[C@@H]32)C1. The number of rotatable bonds is 17. The number of ether oxygens (including phenoxy) is 7. The molecule has 76 heavy (non-hydrogen) atoms. The molecular weight excluding hydrogens is 1000 g/mol. The van der Waals surface area contributed by atoms with E-state index in [1.807, 2.05) is 6.92 Å². The third kappa shape index (κ3) is 11.0. The normalized spacial score (nSPS) is 27.6. The number of allylic oxidation sites excluding steroid dienone is 1. The van der Waals surface area contributed by atoms with E-state index >= 15 is 0 Å². The second kappa shape index (κ2) is 22.6. The Morgan fingerprint density at radius 2 is 1.64 bits per heavy atom. The summed E-state index contributed by atoms with van der Waals surface area (Å²) in [4.78, 5) is 71.5. The smallest absolute Gasteiger partial charge is 0.457 e. The van der Waals surface area contributed by atoms with Gasteiger partial charge in [0.1, 0.15) is 37.3 Å². The summed E-state index contributed by atoms with van der Waals surface area (Å²) < 4.78 is 40.7. The first kappa shape index (κ1) is 56.0. The summed E-state index contributed by atoms with van der Waals surface area (Å²) in [7, 11) is 2.92. The van der Waals surface area contributed by atoms with Crippen molar-refractivity contribution in [3.63, 3.8) is 0 Å². The van der Waals surface area contributed by atoms with Crippen LogP contribution in [0.2, 0.25) is 0 Å². The Balaban J connectivity index is 0.731. The summed E-state index contributed by atoms with van der Waals surface area (Å²) in [5.74, 6) is 5.12. The summed E-state index contributed by atoms with van der Waals surface area (Å²) in [6.07, 6.45) is 13.7. The van der Waals surface area contributed by atoms with E-state index < -0.39 is 35.6 Å². The second-order valence-electron chi connectivity index (χ2n) is 24.3. The molecule has 3 aromatic rings. The Morgan fingerprint density at radius 1 is 0.895 bits per heavy atom. The molecule has 16 heteroatoms. The van der Waals surface area contributed by atoms with Gasteiger partial charge >= 0.3 is 24.4 Å². The van der Waals surface area contributed by atoms with Crippen molar-refractivity contribution in [1.29, 1.82) is 0 Å². The third-order valence-electron chi connectivity index (χ3n) is 18.3. The number of aromatic nitrogens is 2. The van der Waals surface area contributed by atoms with Crippen LogP contribution >= 0.6 is 21.6 Å². The van der Waals surface area contributed by atoms with Crippen LogP contribution in [-0.2, 0) is 58.4 Å². The van der Waals surface area contributed by atoms with E-state index in [4.69, 9.17) is 38.1 Å². The number of fused-ring (bicyclic) bond motifs is 10. The summed E-state index contributed by atoms with van der Waals surface area (Å²) in [6.45, 7) is 21.4. The molecule has 3 fully saturated rings. The van der Waals surface area contributed by atoms with Gasteiger partial charge in [0.15, 0.2) is 0 Å². The molecule has 9 atom stereocenters. The Morgan fingerprint density at radius 3 is 2.36 bits per heavy atom. The molecule has 414 valence electrons. The topological polar surface area (TPSA) is 168 Å². The summed E-state index contributed by atoms with van der Waals surface area (Å²) in [6, 6.07) is 6.84. The first-order valence-electron chi connectivity index (χ1n) is 28.1. The van der Waals surface area contributed by atoms with Crippen molar-refractivity contribution in [2.24, 2.45) is 46.3 Å². The molecule has 4 heterocycles. The standard InChI is InChI=1S/C60H80N2O12S2/c1-11-40-42-31-38(72-56(67)73-57(6,7)8)17-21-49(42)61-51-43(40)33-62-50(51)32-48-44(52(62)63)34-70-53(64)60(48,12-2)74-55(66)69-27-29-76-75-28-26-68-54(65)71-39-22-24-58(9)37(30-39)16-18-41-46-20-19-45(36(5)15-13-14-35(3)4)59(46,10)25-23-47(41)58/h16-17,21,31-32,35-36,39,41,45-47H,11-15,18-20,22-30,33-34H2,1-10H3/t36-,39+,41+,45-,46+,47+,58+,59-,60+/m1/s1. The fraction of sp³-hybridized carbons (Fsp3) is 0.667. The van der Waals surface area contributed by atoms with E-state index in [9.17, 15) is 24.0 Å². The number of nitrogens with zero attached hydrogens (tertiary/aromatic N) is 2. The van der Waals surface area contributed by atoms with Crippen LogP contribution in [-0.4, -0.2) is 70.4 Å². The number of aryl methyl sites for hydroxylation is 1. The number of carbonyl (C=O) groups excluding carboxylic acids is 4. The Labute approximate surface area is 456 Å². The molecule has 9 rings (SSSR count). The van der Waals surface area contributed by atoms with Gasteiger partial charge in [0.05, 0.1) is 29.0 Å². The quantitative estimate of drug-likeness (QED) is 0.0244. The van der Waals surface area contributed by atoms with Crippen molar-refractivity contribution in [2.45, 2.75) is 183 Å². The first-order chi connectivity index (χ1) is 36.2. The van der Waals surface area contributed by atoms with Crippen molar-refractivity contribution in [3.05, 3.63) is 68.5 Å². The average Bonchev–Trinajstić information content (AvgIpc) is 4.00. The fourth-order valence-corrected chi connectivity index (χ4v) is 16.3. The van der Waals surface area contributed by atoms with E-state index in [1.54, 1.807) is 56.5 Å². The summed E-state index contributed by atoms with van der Waals surface area (Å²) in [5.41, 5.74) is 2.96. The van der Waals surface area contributed by atoms with Gasteiger partial charge in [0.25, 0.3) is 5.56 Å². The second-order valence-corrected chi connectivity index (χ2v) is 27.0. The van der Waals surface area contributed by atoms with Crippen LogP contribution in [0.15, 0.2) is 40.7 Å². The van der Waals surface area contributed by atoms with E-state index in [0.717, 1.165) is 71.8 Å². The molecule has 0 N–H and O–H groups in total. The van der Waals surface area contributed by atoms with Gasteiger partial charge in [-0.25, -0.2) is 24.2 Å². The highest BCUT2D eigenvalue weighted by atomic mass is 33.1. The van der Waals surface area contributed by atoms with Crippen LogP contribution in [0.3, 0.4) is 0 Å². The highest BCUT2D eigenvalue weighted by Crippen LogP contribution is 2.67. The number of cyclic esters (lactones) is 1. The van der Waals surface area contributed by atoms with E-state index in [1.165, 1.54) is 72.1 Å². The minimum atomic E-state index is -1.93.